The quantitative estimate of drug-likeness (QED) is 0.684. The third-order valence-electron chi connectivity index (χ3n) is 3.34. The Balaban J connectivity index is 1.79. The molecule has 1 aliphatic rings. The lowest BCUT2D eigenvalue weighted by Gasteiger charge is -2.34. The number of nitrogens with zero attached hydrogens (tertiary/aromatic N) is 2. The fourth-order valence-corrected chi connectivity index (χ4v) is 4.13. The number of thioether (sulfide) groups is 1. The summed E-state index contributed by atoms with van der Waals surface area (Å²) in [5.41, 5.74) is 0. The Kier molecular flexibility index (Phi) is 6.04. The minimum Gasteiger partial charge on any atom is -0.356 e. The molecule has 3 nitrogen and oxygen atoms in total. The zero-order chi connectivity index (χ0) is 13.5. The lowest BCUT2D eigenvalue weighted by Crippen LogP contribution is -2.48. The summed E-state index contributed by atoms with van der Waals surface area (Å²) in [7, 11) is 1.89. The van der Waals surface area contributed by atoms with Crippen LogP contribution in [0.15, 0.2) is 22.5 Å². The molecule has 2 rings (SSSR count). The van der Waals surface area contributed by atoms with Crippen molar-refractivity contribution in [1.82, 2.24) is 10.2 Å². The molecule has 1 aliphatic heterocycles. The fraction of sp³-hybridized carbons (Fsp3) is 0.643. The highest BCUT2D eigenvalue weighted by Crippen LogP contribution is 2.21. The van der Waals surface area contributed by atoms with Crippen LogP contribution in [-0.4, -0.2) is 48.5 Å². The second-order valence-corrected chi connectivity index (χ2v) is 7.09. The van der Waals surface area contributed by atoms with Crippen LogP contribution in [0.1, 0.15) is 18.2 Å². The van der Waals surface area contributed by atoms with E-state index in [4.69, 9.17) is 0 Å². The van der Waals surface area contributed by atoms with E-state index < -0.39 is 0 Å². The van der Waals surface area contributed by atoms with Crippen molar-refractivity contribution in [2.24, 2.45) is 4.99 Å². The molecule has 0 spiro atoms. The standard InChI is InChI=1S/C14H23N3S2/c1-3-12-11-17(8-10-19-12)14(15-2)16-7-6-13-5-4-9-18-13/h4-5,9,12H,3,6-8,10-11H2,1-2H3,(H,15,16). The van der Waals surface area contributed by atoms with Gasteiger partial charge >= 0.3 is 0 Å². The van der Waals surface area contributed by atoms with E-state index in [9.17, 15) is 0 Å². The average Bonchev–Trinajstić information content (AvgIpc) is 2.97. The lowest BCUT2D eigenvalue weighted by atomic mass is 10.3. The zero-order valence-electron chi connectivity index (χ0n) is 11.8. The van der Waals surface area contributed by atoms with E-state index in [0.717, 1.165) is 37.3 Å². The van der Waals surface area contributed by atoms with Crippen LogP contribution in [0.3, 0.4) is 0 Å². The molecule has 1 N–H and O–H groups in total. The van der Waals surface area contributed by atoms with Gasteiger partial charge in [0.05, 0.1) is 0 Å². The average molecular weight is 297 g/mol. The summed E-state index contributed by atoms with van der Waals surface area (Å²) in [5.74, 6) is 2.28. The van der Waals surface area contributed by atoms with Crippen LogP contribution >= 0.6 is 23.1 Å². The topological polar surface area (TPSA) is 27.6 Å². The monoisotopic (exact) mass is 297 g/mol. The van der Waals surface area contributed by atoms with Gasteiger partial charge in [-0.25, -0.2) is 0 Å². The molecule has 0 aromatic carbocycles. The van der Waals surface area contributed by atoms with Crippen LogP contribution in [-0.2, 0) is 6.42 Å². The van der Waals surface area contributed by atoms with Crippen molar-refractivity contribution >= 4 is 29.1 Å². The molecule has 19 heavy (non-hydrogen) atoms. The Bertz CT molecular complexity index is 389. The second kappa shape index (κ2) is 7.80. The minimum absolute atomic E-state index is 0.754. The molecular formula is C14H23N3S2. The summed E-state index contributed by atoms with van der Waals surface area (Å²) < 4.78 is 0. The number of hydrogen-bond donors (Lipinski definition) is 1. The zero-order valence-corrected chi connectivity index (χ0v) is 13.4. The SMILES string of the molecule is CCC1CN(C(=NC)NCCc2cccs2)CCS1. The Labute approximate surface area is 124 Å². The molecule has 2 heterocycles. The molecule has 0 aliphatic carbocycles. The van der Waals surface area contributed by atoms with Gasteiger partial charge in [-0.2, -0.15) is 11.8 Å². The molecule has 1 saturated heterocycles. The third kappa shape index (κ3) is 4.42. The van der Waals surface area contributed by atoms with Gasteiger partial charge in [0.2, 0.25) is 0 Å². The Morgan fingerprint density at radius 1 is 1.58 bits per heavy atom. The molecular weight excluding hydrogens is 274 g/mol. The molecule has 1 aromatic rings. The molecule has 0 bridgehead atoms. The van der Waals surface area contributed by atoms with Crippen molar-refractivity contribution < 1.29 is 0 Å². The van der Waals surface area contributed by atoms with Gasteiger partial charge in [0, 0.05) is 42.6 Å². The van der Waals surface area contributed by atoms with Crippen molar-refractivity contribution in [3.05, 3.63) is 22.4 Å². The largest absolute Gasteiger partial charge is 0.356 e. The van der Waals surface area contributed by atoms with Crippen LogP contribution in [0.2, 0.25) is 0 Å². The first-order valence-electron chi connectivity index (χ1n) is 6.93. The highest BCUT2D eigenvalue weighted by atomic mass is 32.2. The Morgan fingerprint density at radius 2 is 2.47 bits per heavy atom. The maximum absolute atomic E-state index is 4.42. The van der Waals surface area contributed by atoms with Gasteiger partial charge in [-0.3, -0.25) is 4.99 Å². The van der Waals surface area contributed by atoms with E-state index in [1.165, 1.54) is 17.1 Å². The molecule has 1 unspecified atom stereocenters. The summed E-state index contributed by atoms with van der Waals surface area (Å²) in [4.78, 5) is 8.26. The molecule has 1 atom stereocenters. The summed E-state index contributed by atoms with van der Waals surface area (Å²) in [6, 6.07) is 4.31. The van der Waals surface area contributed by atoms with Gasteiger partial charge in [0.15, 0.2) is 5.96 Å². The van der Waals surface area contributed by atoms with Crippen LogP contribution in [0.25, 0.3) is 0 Å². The first-order chi connectivity index (χ1) is 9.33. The highest BCUT2D eigenvalue weighted by molar-refractivity contribution is 8.00. The predicted molar refractivity (Wildman–Crippen MR) is 87.5 cm³/mol. The van der Waals surface area contributed by atoms with E-state index in [0.29, 0.717) is 0 Å². The number of thiophene rings is 1. The van der Waals surface area contributed by atoms with Crippen molar-refractivity contribution in [2.45, 2.75) is 25.0 Å². The number of nitrogens with one attached hydrogen (secondary N) is 1. The first kappa shape index (κ1) is 14.7. The Hall–Kier alpha value is -0.680. The minimum atomic E-state index is 0.754. The molecule has 0 saturated carbocycles. The number of guanidine groups is 1. The molecule has 0 amide bonds. The van der Waals surface area contributed by atoms with Crippen molar-refractivity contribution in [3.63, 3.8) is 0 Å². The number of rotatable bonds is 4. The number of hydrogen-bond acceptors (Lipinski definition) is 3. The van der Waals surface area contributed by atoms with Crippen molar-refractivity contribution in [3.8, 4) is 0 Å². The molecule has 1 fully saturated rings. The molecule has 0 radical (unpaired) electrons. The lowest BCUT2D eigenvalue weighted by molar-refractivity contribution is 0.408. The second-order valence-electron chi connectivity index (χ2n) is 4.65. The van der Waals surface area contributed by atoms with E-state index >= 15 is 0 Å². The summed E-state index contributed by atoms with van der Waals surface area (Å²) in [5, 5.41) is 6.39. The first-order valence-corrected chi connectivity index (χ1v) is 8.86. The van der Waals surface area contributed by atoms with Gasteiger partial charge in [-0.05, 0) is 24.3 Å². The van der Waals surface area contributed by atoms with E-state index in [-0.39, 0.29) is 0 Å². The third-order valence-corrected chi connectivity index (χ3v) is 5.65. The van der Waals surface area contributed by atoms with Gasteiger partial charge in [-0.1, -0.05) is 13.0 Å². The van der Waals surface area contributed by atoms with E-state index in [1.54, 1.807) is 0 Å². The van der Waals surface area contributed by atoms with Crippen LogP contribution < -0.4 is 5.32 Å². The van der Waals surface area contributed by atoms with Crippen LogP contribution in [0.4, 0.5) is 0 Å². The Morgan fingerprint density at radius 3 is 3.16 bits per heavy atom. The van der Waals surface area contributed by atoms with Crippen LogP contribution in [0, 0.1) is 0 Å². The van der Waals surface area contributed by atoms with E-state index in [2.05, 4.69) is 51.4 Å². The molecule has 1 aromatic heterocycles. The van der Waals surface area contributed by atoms with Crippen LogP contribution in [0.5, 0.6) is 0 Å². The van der Waals surface area contributed by atoms with Crippen molar-refractivity contribution in [1.29, 1.82) is 0 Å². The molecule has 106 valence electrons. The maximum atomic E-state index is 4.42. The summed E-state index contributed by atoms with van der Waals surface area (Å²) in [6.07, 6.45) is 2.32. The normalized spacial score (nSPS) is 20.6. The predicted octanol–water partition coefficient (Wildman–Crippen LogP) is 2.69. The smallest absolute Gasteiger partial charge is 0.193 e. The van der Waals surface area contributed by atoms with Crippen molar-refractivity contribution in [2.75, 3.05) is 32.4 Å². The highest BCUT2D eigenvalue weighted by Gasteiger charge is 2.21. The maximum Gasteiger partial charge on any atom is 0.193 e. The van der Waals surface area contributed by atoms with Gasteiger partial charge in [-0.15, -0.1) is 11.3 Å². The van der Waals surface area contributed by atoms with Gasteiger partial charge in [0.1, 0.15) is 0 Å². The summed E-state index contributed by atoms with van der Waals surface area (Å²) in [6.45, 7) is 5.47. The fourth-order valence-electron chi connectivity index (χ4n) is 2.24. The van der Waals surface area contributed by atoms with E-state index in [1.807, 2.05) is 18.4 Å². The molecule has 5 heteroatoms. The number of aliphatic imine (C=N–C) groups is 1. The summed E-state index contributed by atoms with van der Waals surface area (Å²) >= 11 is 3.92. The van der Waals surface area contributed by atoms with Gasteiger partial charge < -0.3 is 10.2 Å². The van der Waals surface area contributed by atoms with Gasteiger partial charge in [0.25, 0.3) is 0 Å².